The first kappa shape index (κ1) is 30.9. The van der Waals surface area contributed by atoms with Crippen molar-refractivity contribution in [1.29, 1.82) is 0 Å². The number of hydrogen-bond donors (Lipinski definition) is 7. The third-order valence-electron chi connectivity index (χ3n) is 7.97. The summed E-state index contributed by atoms with van der Waals surface area (Å²) in [6, 6.07) is 4.91. The molecule has 0 aromatic heterocycles. The van der Waals surface area contributed by atoms with Gasteiger partial charge in [0, 0.05) is 24.7 Å². The van der Waals surface area contributed by atoms with Crippen molar-refractivity contribution < 1.29 is 64.2 Å². The summed E-state index contributed by atoms with van der Waals surface area (Å²) in [5.41, 5.74) is 1.88. The summed E-state index contributed by atoms with van der Waals surface area (Å²) in [7, 11) is 5.59. The minimum atomic E-state index is -1.69. The molecule has 13 heteroatoms. The molecule has 8 atom stereocenters. The van der Waals surface area contributed by atoms with Gasteiger partial charge in [0.1, 0.15) is 24.4 Å². The van der Waals surface area contributed by atoms with Crippen molar-refractivity contribution in [3.63, 3.8) is 0 Å². The van der Waals surface area contributed by atoms with Crippen LogP contribution in [-0.4, -0.2) is 115 Å². The van der Waals surface area contributed by atoms with Crippen LogP contribution in [-0.2, 0) is 11.2 Å². The van der Waals surface area contributed by atoms with E-state index in [1.54, 1.807) is 18.2 Å². The zero-order valence-corrected chi connectivity index (χ0v) is 23.3. The zero-order valence-electron chi connectivity index (χ0n) is 23.3. The van der Waals surface area contributed by atoms with Crippen molar-refractivity contribution in [3.8, 4) is 34.5 Å². The number of phenols is 1. The molecular formula is C28H38O13. The van der Waals surface area contributed by atoms with Gasteiger partial charge in [0.25, 0.3) is 0 Å². The largest absolute Gasteiger partial charge is 0.502 e. The van der Waals surface area contributed by atoms with Gasteiger partial charge in [0.05, 0.1) is 35.0 Å². The van der Waals surface area contributed by atoms with E-state index in [9.17, 15) is 35.7 Å². The molecule has 0 saturated carbocycles. The first-order valence-electron chi connectivity index (χ1n) is 13.1. The Morgan fingerprint density at radius 3 is 1.90 bits per heavy atom. The van der Waals surface area contributed by atoms with Crippen molar-refractivity contribution in [2.45, 2.75) is 43.0 Å². The molecule has 1 fully saturated rings. The van der Waals surface area contributed by atoms with Gasteiger partial charge in [0.15, 0.2) is 23.0 Å². The molecule has 2 aliphatic rings. The van der Waals surface area contributed by atoms with E-state index < -0.39 is 49.1 Å². The van der Waals surface area contributed by atoms with Crippen LogP contribution in [0.25, 0.3) is 0 Å². The Labute approximate surface area is 237 Å². The van der Waals surface area contributed by atoms with Crippen molar-refractivity contribution in [1.82, 2.24) is 0 Å². The number of ether oxygens (including phenoxy) is 6. The number of methoxy groups -OCH3 is 4. The van der Waals surface area contributed by atoms with Gasteiger partial charge in [-0.05, 0) is 47.6 Å². The quantitative estimate of drug-likeness (QED) is 0.190. The lowest BCUT2D eigenvalue weighted by molar-refractivity contribution is -0.277. The van der Waals surface area contributed by atoms with Crippen molar-refractivity contribution in [3.05, 3.63) is 34.9 Å². The summed E-state index contributed by atoms with van der Waals surface area (Å²) in [4.78, 5) is 0. The van der Waals surface area contributed by atoms with Crippen LogP contribution < -0.4 is 23.7 Å². The number of benzene rings is 2. The van der Waals surface area contributed by atoms with E-state index in [-0.39, 0.29) is 53.6 Å². The van der Waals surface area contributed by atoms with Gasteiger partial charge in [0.2, 0.25) is 17.8 Å². The Hall–Kier alpha value is -3.04. The van der Waals surface area contributed by atoms with E-state index in [0.29, 0.717) is 17.5 Å². The van der Waals surface area contributed by atoms with Crippen LogP contribution in [0.15, 0.2) is 18.2 Å². The van der Waals surface area contributed by atoms with Gasteiger partial charge in [-0.3, -0.25) is 0 Å². The average Bonchev–Trinajstić information content (AvgIpc) is 2.99. The standard InChI is InChI=1S/C28H38O13/c1-36-16-6-13(7-17(37-2)22(16)32)20-15(10-30)14(9-29)5-12-8-18(38-3)26(27(39-4)21(12)20)41-28-25(35)24(34)23(33)19(11-31)40-28/h6-8,14-15,19-20,23-25,28-35H,5,9-11H2,1-4H3/t14-,15-,19?,20+,23+,24?,25-,28-/m0/s1. The predicted octanol–water partition coefficient (Wildman–Crippen LogP) is -0.490. The fourth-order valence-corrected chi connectivity index (χ4v) is 5.82. The van der Waals surface area contributed by atoms with E-state index in [2.05, 4.69) is 0 Å². The maximum atomic E-state index is 10.6. The fourth-order valence-electron chi connectivity index (χ4n) is 5.82. The lowest BCUT2D eigenvalue weighted by Crippen LogP contribution is -2.60. The summed E-state index contributed by atoms with van der Waals surface area (Å²) in [5.74, 6) is -1.10. The third-order valence-corrected chi connectivity index (χ3v) is 7.97. The van der Waals surface area contributed by atoms with Crippen LogP contribution in [0.3, 0.4) is 0 Å². The summed E-state index contributed by atoms with van der Waals surface area (Å²) >= 11 is 0. The Morgan fingerprint density at radius 2 is 1.39 bits per heavy atom. The lowest BCUT2D eigenvalue weighted by Gasteiger charge is -2.41. The highest BCUT2D eigenvalue weighted by Crippen LogP contribution is 2.55. The molecule has 4 rings (SSSR count). The van der Waals surface area contributed by atoms with Gasteiger partial charge in [-0.2, -0.15) is 0 Å². The minimum absolute atomic E-state index is 0.0000683. The average molecular weight is 583 g/mol. The van der Waals surface area contributed by atoms with Crippen molar-refractivity contribution in [2.75, 3.05) is 48.3 Å². The molecule has 13 nitrogen and oxygen atoms in total. The fraction of sp³-hybridized carbons (Fsp3) is 0.571. The first-order chi connectivity index (χ1) is 19.7. The van der Waals surface area contributed by atoms with E-state index in [0.717, 1.165) is 5.56 Å². The smallest absolute Gasteiger partial charge is 0.229 e. The van der Waals surface area contributed by atoms with Gasteiger partial charge in [-0.15, -0.1) is 0 Å². The van der Waals surface area contributed by atoms with E-state index in [1.165, 1.54) is 28.4 Å². The van der Waals surface area contributed by atoms with Gasteiger partial charge in [-0.25, -0.2) is 0 Å². The van der Waals surface area contributed by atoms with Crippen molar-refractivity contribution >= 4 is 0 Å². The van der Waals surface area contributed by atoms with E-state index in [1.807, 2.05) is 0 Å². The van der Waals surface area contributed by atoms with Crippen LogP contribution in [0, 0.1) is 11.8 Å². The zero-order chi connectivity index (χ0) is 30.0. The van der Waals surface area contributed by atoms with Gasteiger partial charge < -0.3 is 64.2 Å². The Morgan fingerprint density at radius 1 is 0.756 bits per heavy atom. The van der Waals surface area contributed by atoms with E-state index >= 15 is 0 Å². The van der Waals surface area contributed by atoms with Crippen molar-refractivity contribution in [2.24, 2.45) is 11.8 Å². The molecule has 1 aliphatic heterocycles. The first-order valence-corrected chi connectivity index (χ1v) is 13.1. The molecule has 0 spiro atoms. The highest BCUT2D eigenvalue weighted by molar-refractivity contribution is 5.64. The number of rotatable bonds is 10. The highest BCUT2D eigenvalue weighted by Gasteiger charge is 2.46. The number of hydrogen-bond acceptors (Lipinski definition) is 13. The molecule has 0 bridgehead atoms. The van der Waals surface area contributed by atoms with Gasteiger partial charge in [-0.1, -0.05) is 0 Å². The maximum Gasteiger partial charge on any atom is 0.229 e. The molecule has 1 saturated heterocycles. The Bertz CT molecular complexity index is 1180. The number of aliphatic hydroxyl groups excluding tert-OH is 6. The summed E-state index contributed by atoms with van der Waals surface area (Å²) in [5, 5.41) is 72.1. The molecule has 1 heterocycles. The Kier molecular flexibility index (Phi) is 9.70. The van der Waals surface area contributed by atoms with Crippen LogP contribution in [0.4, 0.5) is 0 Å². The van der Waals surface area contributed by atoms with Crippen LogP contribution in [0.1, 0.15) is 22.6 Å². The number of aromatic hydroxyl groups is 1. The second-order valence-electron chi connectivity index (χ2n) is 10.1. The second-order valence-corrected chi connectivity index (χ2v) is 10.1. The number of phenolic OH excluding ortho intramolecular Hbond substituents is 1. The van der Waals surface area contributed by atoms with Crippen LogP contribution >= 0.6 is 0 Å². The molecule has 2 unspecified atom stereocenters. The van der Waals surface area contributed by atoms with E-state index in [4.69, 9.17) is 28.4 Å². The molecule has 41 heavy (non-hydrogen) atoms. The highest BCUT2D eigenvalue weighted by atomic mass is 16.7. The number of aliphatic hydroxyl groups is 6. The molecule has 0 amide bonds. The number of fused-ring (bicyclic) bond motifs is 1. The normalized spacial score (nSPS) is 29.4. The molecule has 7 N–H and O–H groups in total. The molecule has 2 aromatic rings. The maximum absolute atomic E-state index is 10.6. The molecule has 1 aliphatic carbocycles. The van der Waals surface area contributed by atoms with Gasteiger partial charge >= 0.3 is 0 Å². The minimum Gasteiger partial charge on any atom is -0.502 e. The summed E-state index contributed by atoms with van der Waals surface area (Å²) < 4.78 is 33.8. The third kappa shape index (κ3) is 5.46. The summed E-state index contributed by atoms with van der Waals surface area (Å²) in [6.45, 7) is -1.17. The lowest BCUT2D eigenvalue weighted by atomic mass is 9.66. The second kappa shape index (κ2) is 12.9. The van der Waals surface area contributed by atoms with Crippen LogP contribution in [0.2, 0.25) is 0 Å². The monoisotopic (exact) mass is 582 g/mol. The molecule has 228 valence electrons. The molecule has 0 radical (unpaired) electrons. The molecular weight excluding hydrogens is 544 g/mol. The topological polar surface area (TPSA) is 197 Å². The molecule has 2 aromatic carbocycles. The predicted molar refractivity (Wildman–Crippen MR) is 142 cm³/mol. The Balaban J connectivity index is 1.93. The summed E-state index contributed by atoms with van der Waals surface area (Å²) in [6.07, 6.45) is -7.32. The SMILES string of the molecule is COc1cc([C@H]2c3c(cc(OC)c(O[C@@H]4OC(CO)[C@@H](O)C(O)[C@@H]4O)c3OC)C[C@@H](CO)[C@@H]2CO)cc(OC)c1O. The van der Waals surface area contributed by atoms with Crippen LogP contribution in [0.5, 0.6) is 34.5 Å².